The van der Waals surface area contributed by atoms with E-state index in [0.29, 0.717) is 6.04 Å². The highest BCUT2D eigenvalue weighted by atomic mass is 14.9. The molecule has 1 aliphatic heterocycles. The van der Waals surface area contributed by atoms with Crippen molar-refractivity contribution < 1.29 is 0 Å². The van der Waals surface area contributed by atoms with Crippen molar-refractivity contribution in [3.63, 3.8) is 0 Å². The van der Waals surface area contributed by atoms with E-state index >= 15 is 0 Å². The van der Waals surface area contributed by atoms with Crippen molar-refractivity contribution >= 4 is 11.0 Å². The van der Waals surface area contributed by atoms with Crippen LogP contribution < -0.4 is 5.32 Å². The molecule has 15 heavy (non-hydrogen) atoms. The van der Waals surface area contributed by atoms with Gasteiger partial charge in [0, 0.05) is 23.8 Å². The van der Waals surface area contributed by atoms with Crippen LogP contribution in [0.1, 0.15) is 18.4 Å². The summed E-state index contributed by atoms with van der Waals surface area (Å²) in [5.41, 5.74) is 2.39. The fraction of sp³-hybridized carbons (Fsp3) is 0.417. The molecule has 2 aromatic rings. The Bertz CT molecular complexity index is 455. The lowest BCUT2D eigenvalue weighted by Gasteiger charge is -2.08. The number of pyridine rings is 1. The van der Waals surface area contributed by atoms with Gasteiger partial charge in [-0.2, -0.15) is 0 Å². The van der Waals surface area contributed by atoms with Crippen LogP contribution in [0.3, 0.4) is 0 Å². The summed E-state index contributed by atoms with van der Waals surface area (Å²) in [4.78, 5) is 7.52. The van der Waals surface area contributed by atoms with Crippen molar-refractivity contribution in [2.24, 2.45) is 0 Å². The van der Waals surface area contributed by atoms with Gasteiger partial charge in [0.25, 0.3) is 0 Å². The van der Waals surface area contributed by atoms with Crippen LogP contribution in [-0.2, 0) is 6.42 Å². The maximum Gasteiger partial charge on any atom is 0.137 e. The summed E-state index contributed by atoms with van der Waals surface area (Å²) in [5.74, 6) is 0. The summed E-state index contributed by atoms with van der Waals surface area (Å²) in [6, 6.07) is 4.80. The molecule has 2 N–H and O–H groups in total. The Labute approximate surface area is 88.9 Å². The molecule has 3 heterocycles. The van der Waals surface area contributed by atoms with Crippen LogP contribution in [0.25, 0.3) is 11.0 Å². The van der Waals surface area contributed by atoms with Gasteiger partial charge < -0.3 is 10.3 Å². The van der Waals surface area contributed by atoms with Gasteiger partial charge in [-0.05, 0) is 43.5 Å². The van der Waals surface area contributed by atoms with E-state index in [1.54, 1.807) is 0 Å². The Morgan fingerprint density at radius 3 is 3.33 bits per heavy atom. The minimum absolute atomic E-state index is 0.657. The number of hydrogen-bond acceptors (Lipinski definition) is 2. The summed E-state index contributed by atoms with van der Waals surface area (Å²) >= 11 is 0. The molecule has 3 heteroatoms. The van der Waals surface area contributed by atoms with Crippen LogP contribution in [0.15, 0.2) is 24.5 Å². The SMILES string of the molecule is c1cnc2[nH]cc(CC3CCCN3)c2c1. The standard InChI is InChI=1S/C12H15N3/c1-3-10(13-5-1)7-9-8-15-12-11(9)4-2-6-14-12/h2,4,6,8,10,13H,1,3,5,7H2,(H,14,15). The van der Waals surface area contributed by atoms with E-state index in [0.717, 1.165) is 12.1 Å². The highest BCUT2D eigenvalue weighted by Crippen LogP contribution is 2.19. The molecule has 3 rings (SSSR count). The average Bonchev–Trinajstić information content (AvgIpc) is 2.89. The lowest BCUT2D eigenvalue weighted by Crippen LogP contribution is -2.23. The second-order valence-corrected chi connectivity index (χ2v) is 4.21. The summed E-state index contributed by atoms with van der Waals surface area (Å²) in [7, 11) is 0. The molecule has 0 saturated carbocycles. The van der Waals surface area contributed by atoms with Crippen molar-refractivity contribution in [2.75, 3.05) is 6.54 Å². The monoisotopic (exact) mass is 201 g/mol. The molecule has 1 saturated heterocycles. The molecule has 0 aliphatic carbocycles. The largest absolute Gasteiger partial charge is 0.346 e. The van der Waals surface area contributed by atoms with Gasteiger partial charge in [0.2, 0.25) is 0 Å². The number of fused-ring (bicyclic) bond motifs is 1. The first-order valence-electron chi connectivity index (χ1n) is 5.58. The van der Waals surface area contributed by atoms with Gasteiger partial charge in [-0.15, -0.1) is 0 Å². The molecule has 1 aliphatic rings. The van der Waals surface area contributed by atoms with E-state index in [2.05, 4.69) is 27.5 Å². The normalized spacial score (nSPS) is 21.2. The topological polar surface area (TPSA) is 40.7 Å². The van der Waals surface area contributed by atoms with E-state index < -0.39 is 0 Å². The van der Waals surface area contributed by atoms with Crippen LogP contribution in [-0.4, -0.2) is 22.6 Å². The molecule has 0 radical (unpaired) electrons. The number of H-pyrrole nitrogens is 1. The summed E-state index contributed by atoms with van der Waals surface area (Å²) in [5, 5.41) is 4.79. The van der Waals surface area contributed by atoms with Crippen molar-refractivity contribution in [1.82, 2.24) is 15.3 Å². The third-order valence-corrected chi connectivity index (χ3v) is 3.17. The molecule has 1 atom stereocenters. The van der Waals surface area contributed by atoms with E-state index in [1.807, 2.05) is 12.3 Å². The number of nitrogens with one attached hydrogen (secondary N) is 2. The fourth-order valence-electron chi connectivity index (χ4n) is 2.38. The molecule has 0 aromatic carbocycles. The number of aromatic nitrogens is 2. The van der Waals surface area contributed by atoms with Gasteiger partial charge >= 0.3 is 0 Å². The van der Waals surface area contributed by atoms with Gasteiger partial charge in [0.05, 0.1) is 0 Å². The predicted molar refractivity (Wildman–Crippen MR) is 60.8 cm³/mol. The average molecular weight is 201 g/mol. The lowest BCUT2D eigenvalue weighted by atomic mass is 10.1. The number of nitrogens with zero attached hydrogens (tertiary/aromatic N) is 1. The third kappa shape index (κ3) is 1.63. The molecule has 2 aromatic heterocycles. The highest BCUT2D eigenvalue weighted by Gasteiger charge is 2.16. The van der Waals surface area contributed by atoms with Crippen molar-refractivity contribution in [1.29, 1.82) is 0 Å². The van der Waals surface area contributed by atoms with Crippen LogP contribution in [0.4, 0.5) is 0 Å². The maximum absolute atomic E-state index is 4.30. The zero-order valence-corrected chi connectivity index (χ0v) is 8.66. The van der Waals surface area contributed by atoms with E-state index in [4.69, 9.17) is 0 Å². The number of aromatic amines is 1. The molecule has 1 unspecified atom stereocenters. The first-order valence-corrected chi connectivity index (χ1v) is 5.58. The summed E-state index contributed by atoms with van der Waals surface area (Å²) < 4.78 is 0. The Morgan fingerprint density at radius 2 is 2.47 bits per heavy atom. The molecule has 1 fully saturated rings. The minimum atomic E-state index is 0.657. The number of hydrogen-bond donors (Lipinski definition) is 2. The highest BCUT2D eigenvalue weighted by molar-refractivity contribution is 5.79. The molecule has 0 bridgehead atoms. The van der Waals surface area contributed by atoms with Gasteiger partial charge in [0.15, 0.2) is 0 Å². The lowest BCUT2D eigenvalue weighted by molar-refractivity contribution is 0.605. The second-order valence-electron chi connectivity index (χ2n) is 4.21. The third-order valence-electron chi connectivity index (χ3n) is 3.17. The fourth-order valence-corrected chi connectivity index (χ4v) is 2.38. The number of rotatable bonds is 2. The zero-order chi connectivity index (χ0) is 10.1. The zero-order valence-electron chi connectivity index (χ0n) is 8.66. The molecule has 78 valence electrons. The predicted octanol–water partition coefficient (Wildman–Crippen LogP) is 1.86. The Balaban J connectivity index is 1.90. The smallest absolute Gasteiger partial charge is 0.137 e. The molecular weight excluding hydrogens is 186 g/mol. The van der Waals surface area contributed by atoms with Crippen LogP contribution in [0.5, 0.6) is 0 Å². The van der Waals surface area contributed by atoms with Crippen molar-refractivity contribution in [3.05, 3.63) is 30.1 Å². The quantitative estimate of drug-likeness (QED) is 0.778. The van der Waals surface area contributed by atoms with Crippen molar-refractivity contribution in [3.8, 4) is 0 Å². The van der Waals surface area contributed by atoms with Crippen molar-refractivity contribution in [2.45, 2.75) is 25.3 Å². The molecule has 0 spiro atoms. The first kappa shape index (κ1) is 8.92. The van der Waals surface area contributed by atoms with Crippen LogP contribution >= 0.6 is 0 Å². The van der Waals surface area contributed by atoms with E-state index in [-0.39, 0.29) is 0 Å². The summed E-state index contributed by atoms with van der Waals surface area (Å²) in [6.45, 7) is 1.17. The van der Waals surface area contributed by atoms with Gasteiger partial charge in [0.1, 0.15) is 5.65 Å². The van der Waals surface area contributed by atoms with Gasteiger partial charge in [-0.25, -0.2) is 4.98 Å². The van der Waals surface area contributed by atoms with Crippen LogP contribution in [0.2, 0.25) is 0 Å². The van der Waals surface area contributed by atoms with E-state index in [1.165, 1.54) is 30.3 Å². The van der Waals surface area contributed by atoms with E-state index in [9.17, 15) is 0 Å². The first-order chi connectivity index (χ1) is 7.43. The Kier molecular flexibility index (Phi) is 2.18. The van der Waals surface area contributed by atoms with Crippen LogP contribution in [0, 0.1) is 0 Å². The maximum atomic E-state index is 4.30. The summed E-state index contributed by atoms with van der Waals surface area (Å²) in [6.07, 6.45) is 7.65. The van der Waals surface area contributed by atoms with Gasteiger partial charge in [-0.1, -0.05) is 0 Å². The van der Waals surface area contributed by atoms with Gasteiger partial charge in [-0.3, -0.25) is 0 Å². The Hall–Kier alpha value is -1.35. The molecule has 3 nitrogen and oxygen atoms in total. The molecule has 0 amide bonds. The molecular formula is C12H15N3. The Morgan fingerprint density at radius 1 is 1.47 bits per heavy atom. The minimum Gasteiger partial charge on any atom is -0.346 e. The second kappa shape index (κ2) is 3.66.